The van der Waals surface area contributed by atoms with E-state index < -0.39 is 28.0 Å². The van der Waals surface area contributed by atoms with Crippen molar-refractivity contribution in [1.29, 1.82) is 0 Å². The highest BCUT2D eigenvalue weighted by Crippen LogP contribution is 2.29. The summed E-state index contributed by atoms with van der Waals surface area (Å²) in [5.74, 6) is -1.95. The molecule has 0 N–H and O–H groups in total. The molecule has 0 fully saturated rings. The van der Waals surface area contributed by atoms with E-state index in [1.165, 1.54) is 12.1 Å². The van der Waals surface area contributed by atoms with Crippen molar-refractivity contribution in [1.82, 2.24) is 0 Å². The van der Waals surface area contributed by atoms with Gasteiger partial charge in [-0.2, -0.15) is 0 Å². The van der Waals surface area contributed by atoms with Crippen molar-refractivity contribution in [3.8, 4) is 0 Å². The van der Waals surface area contributed by atoms with E-state index >= 15 is 0 Å². The lowest BCUT2D eigenvalue weighted by Gasteiger charge is -2.19. The van der Waals surface area contributed by atoms with Crippen LogP contribution in [0.2, 0.25) is 5.02 Å². The van der Waals surface area contributed by atoms with Crippen LogP contribution in [-0.4, -0.2) is 16.9 Å². The molecule has 0 radical (unpaired) electrons. The minimum absolute atomic E-state index is 0.109. The van der Waals surface area contributed by atoms with Crippen LogP contribution in [0, 0.1) is 15.5 Å². The summed E-state index contributed by atoms with van der Waals surface area (Å²) >= 11 is 5.78. The van der Waals surface area contributed by atoms with Crippen LogP contribution in [0.3, 0.4) is 0 Å². The Balaban J connectivity index is 3.01. The van der Waals surface area contributed by atoms with Gasteiger partial charge in [-0.1, -0.05) is 45.0 Å². The van der Waals surface area contributed by atoms with Crippen LogP contribution in [0.1, 0.15) is 31.1 Å². The zero-order valence-electron chi connectivity index (χ0n) is 11.8. The van der Waals surface area contributed by atoms with E-state index in [9.17, 15) is 19.7 Å². The Hall–Kier alpha value is -2.21. The van der Waals surface area contributed by atoms with E-state index in [4.69, 9.17) is 11.6 Å². The fourth-order valence-corrected chi connectivity index (χ4v) is 1.60. The number of nitro benzene ring substituents is 1. The number of carbonyl (C=O) groups is 2. The van der Waals surface area contributed by atoms with Crippen molar-refractivity contribution < 1.29 is 19.2 Å². The maximum absolute atomic E-state index is 11.9. The number of esters is 2. The summed E-state index contributed by atoms with van der Waals surface area (Å²) in [7, 11) is 0. The van der Waals surface area contributed by atoms with E-state index in [1.54, 1.807) is 20.8 Å². The first-order valence-corrected chi connectivity index (χ1v) is 6.32. The topological polar surface area (TPSA) is 86.5 Å². The Morgan fingerprint density at radius 1 is 1.33 bits per heavy atom. The molecule has 0 aliphatic rings. The number of nitrogens with zero attached hydrogens (tertiary/aromatic N) is 1. The summed E-state index contributed by atoms with van der Waals surface area (Å²) in [4.78, 5) is 33.7. The Morgan fingerprint density at radius 3 is 2.38 bits per heavy atom. The van der Waals surface area contributed by atoms with Crippen molar-refractivity contribution in [2.75, 3.05) is 0 Å². The molecule has 0 spiro atoms. The predicted octanol–water partition coefficient (Wildman–Crippen LogP) is 3.53. The van der Waals surface area contributed by atoms with Gasteiger partial charge >= 0.3 is 11.9 Å². The average Bonchev–Trinajstić information content (AvgIpc) is 2.36. The van der Waals surface area contributed by atoms with Gasteiger partial charge in [-0.05, 0) is 11.5 Å². The van der Waals surface area contributed by atoms with Gasteiger partial charge in [0.05, 0.1) is 10.5 Å². The zero-order valence-corrected chi connectivity index (χ0v) is 12.6. The molecule has 0 aliphatic carbocycles. The van der Waals surface area contributed by atoms with Crippen molar-refractivity contribution in [3.63, 3.8) is 0 Å². The van der Waals surface area contributed by atoms with Crippen molar-refractivity contribution in [2.45, 2.75) is 20.8 Å². The maximum Gasteiger partial charge on any atom is 0.347 e. The van der Waals surface area contributed by atoms with Crippen LogP contribution < -0.4 is 0 Å². The van der Waals surface area contributed by atoms with Gasteiger partial charge in [0, 0.05) is 11.6 Å². The molecule has 0 saturated heterocycles. The van der Waals surface area contributed by atoms with Gasteiger partial charge in [0.25, 0.3) is 5.69 Å². The molecule has 1 aromatic carbocycles. The van der Waals surface area contributed by atoms with E-state index in [0.29, 0.717) is 0 Å². The fraction of sp³-hybridized carbons (Fsp3) is 0.286. The normalized spacial score (nSPS) is 10.9. The molecule has 1 rings (SSSR count). The van der Waals surface area contributed by atoms with Gasteiger partial charge in [0.2, 0.25) is 0 Å². The van der Waals surface area contributed by atoms with Crippen LogP contribution in [0.25, 0.3) is 0 Å². The molecule has 0 saturated carbocycles. The van der Waals surface area contributed by atoms with Crippen LogP contribution in [0.5, 0.6) is 0 Å². The van der Waals surface area contributed by atoms with E-state index in [1.807, 2.05) is 0 Å². The van der Waals surface area contributed by atoms with Gasteiger partial charge < -0.3 is 4.74 Å². The summed E-state index contributed by atoms with van der Waals surface area (Å²) in [5, 5.41) is 10.4. The second-order valence-corrected chi connectivity index (χ2v) is 5.68. The third-order valence-electron chi connectivity index (χ3n) is 2.73. The number of hydrogen-bond acceptors (Lipinski definition) is 5. The lowest BCUT2D eigenvalue weighted by molar-refractivity contribution is -0.384. The SMILES string of the molecule is C=C(C(=O)OC(=O)c1cccc([N+](=O)[O-])c1Cl)C(C)(C)C. The molecule has 0 aromatic heterocycles. The molecule has 0 atom stereocenters. The van der Waals surface area contributed by atoms with Crippen LogP contribution in [-0.2, 0) is 9.53 Å². The van der Waals surface area contributed by atoms with Crippen LogP contribution in [0.15, 0.2) is 30.4 Å². The first-order chi connectivity index (χ1) is 9.55. The summed E-state index contributed by atoms with van der Waals surface area (Å²) in [5.41, 5.74) is -1.14. The summed E-state index contributed by atoms with van der Waals surface area (Å²) < 4.78 is 4.66. The molecule has 0 bridgehead atoms. The van der Waals surface area contributed by atoms with Crippen LogP contribution in [0.4, 0.5) is 5.69 Å². The summed E-state index contributed by atoms with van der Waals surface area (Å²) in [6.07, 6.45) is 0. The highest BCUT2D eigenvalue weighted by molar-refractivity contribution is 6.35. The smallest absolute Gasteiger partial charge is 0.347 e. The van der Waals surface area contributed by atoms with Gasteiger partial charge in [-0.15, -0.1) is 0 Å². The molecule has 6 nitrogen and oxygen atoms in total. The first kappa shape index (κ1) is 16.8. The molecular formula is C14H14ClNO5. The minimum Gasteiger partial charge on any atom is -0.386 e. The van der Waals surface area contributed by atoms with Crippen LogP contribution >= 0.6 is 11.6 Å². The van der Waals surface area contributed by atoms with E-state index in [0.717, 1.165) is 6.07 Å². The molecule has 0 amide bonds. The lowest BCUT2D eigenvalue weighted by atomic mass is 9.88. The molecule has 21 heavy (non-hydrogen) atoms. The molecule has 112 valence electrons. The van der Waals surface area contributed by atoms with E-state index in [2.05, 4.69) is 11.3 Å². The number of carbonyl (C=O) groups excluding carboxylic acids is 2. The lowest BCUT2D eigenvalue weighted by Crippen LogP contribution is -2.22. The van der Waals surface area contributed by atoms with Gasteiger partial charge in [0.1, 0.15) is 5.02 Å². The highest BCUT2D eigenvalue weighted by Gasteiger charge is 2.27. The molecule has 7 heteroatoms. The number of rotatable bonds is 3. The Morgan fingerprint density at radius 2 is 1.90 bits per heavy atom. The number of nitro groups is 1. The fourth-order valence-electron chi connectivity index (χ4n) is 1.33. The number of ether oxygens (including phenoxy) is 1. The third kappa shape index (κ3) is 3.88. The number of hydrogen-bond donors (Lipinski definition) is 0. The molecule has 1 aromatic rings. The largest absolute Gasteiger partial charge is 0.386 e. The summed E-state index contributed by atoms with van der Waals surface area (Å²) in [6, 6.07) is 3.67. The standard InChI is InChI=1S/C14H14ClNO5/c1-8(14(2,3)4)12(17)21-13(18)9-6-5-7-10(11(9)15)16(19)20/h5-7H,1H2,2-4H3. The molecule has 0 heterocycles. The number of benzene rings is 1. The molecular weight excluding hydrogens is 298 g/mol. The van der Waals surface area contributed by atoms with Crippen molar-refractivity contribution >= 4 is 29.2 Å². The maximum atomic E-state index is 11.9. The predicted molar refractivity (Wildman–Crippen MR) is 77.1 cm³/mol. The third-order valence-corrected chi connectivity index (χ3v) is 3.13. The summed E-state index contributed by atoms with van der Waals surface area (Å²) in [6.45, 7) is 8.79. The van der Waals surface area contributed by atoms with Crippen molar-refractivity contribution in [3.05, 3.63) is 51.1 Å². The second kappa shape index (κ2) is 6.05. The van der Waals surface area contributed by atoms with Gasteiger partial charge in [-0.25, -0.2) is 9.59 Å². The molecule has 0 unspecified atom stereocenters. The Kier molecular flexibility index (Phi) is 4.85. The van der Waals surface area contributed by atoms with Crippen molar-refractivity contribution in [2.24, 2.45) is 5.41 Å². The van der Waals surface area contributed by atoms with E-state index in [-0.39, 0.29) is 16.2 Å². The second-order valence-electron chi connectivity index (χ2n) is 5.30. The van der Waals surface area contributed by atoms with Gasteiger partial charge in [-0.3, -0.25) is 10.1 Å². The quantitative estimate of drug-likeness (QED) is 0.280. The van der Waals surface area contributed by atoms with Gasteiger partial charge in [0.15, 0.2) is 0 Å². The molecule has 0 aliphatic heterocycles. The Bertz CT molecular complexity index is 631. The average molecular weight is 312 g/mol. The monoisotopic (exact) mass is 311 g/mol. The highest BCUT2D eigenvalue weighted by atomic mass is 35.5. The number of halogens is 1. The minimum atomic E-state index is -1.06. The first-order valence-electron chi connectivity index (χ1n) is 5.94. The Labute approximate surface area is 126 Å². The zero-order chi connectivity index (χ0) is 16.4.